The van der Waals surface area contributed by atoms with Crippen LogP contribution in [0.1, 0.15) is 25.7 Å². The fourth-order valence-electron chi connectivity index (χ4n) is 2.26. The highest BCUT2D eigenvalue weighted by Crippen LogP contribution is 2.25. The predicted octanol–water partition coefficient (Wildman–Crippen LogP) is 0.998. The Labute approximate surface area is 95.8 Å². The third-order valence-electron chi connectivity index (χ3n) is 3.19. The van der Waals surface area contributed by atoms with Crippen LogP contribution in [0.2, 0.25) is 0 Å². The molecule has 2 fully saturated rings. The average Bonchev–Trinajstić information content (AvgIpc) is 2.86. The molecule has 0 aliphatic carbocycles. The first-order valence-corrected chi connectivity index (χ1v) is 6.98. The van der Waals surface area contributed by atoms with Crippen LogP contribution in [0.15, 0.2) is 0 Å². The molecule has 2 aliphatic rings. The maximum atomic E-state index is 11.6. The van der Waals surface area contributed by atoms with E-state index in [1.807, 2.05) is 11.8 Å². The van der Waals surface area contributed by atoms with Crippen LogP contribution in [-0.2, 0) is 4.79 Å². The largest absolute Gasteiger partial charge is 0.355 e. The standard InChI is InChI=1S/C11H20N2OS/c14-11(6-9-3-4-12-7-9)13-8-10-2-1-5-15-10/h9-10,12H,1-8H2,(H,13,14). The van der Waals surface area contributed by atoms with Crippen molar-refractivity contribution in [2.45, 2.75) is 30.9 Å². The maximum Gasteiger partial charge on any atom is 0.220 e. The molecule has 86 valence electrons. The molecule has 2 atom stereocenters. The fourth-order valence-corrected chi connectivity index (χ4v) is 3.46. The summed E-state index contributed by atoms with van der Waals surface area (Å²) in [5.41, 5.74) is 0. The zero-order chi connectivity index (χ0) is 10.5. The zero-order valence-electron chi connectivity index (χ0n) is 9.13. The minimum atomic E-state index is 0.246. The van der Waals surface area contributed by atoms with Crippen molar-refractivity contribution >= 4 is 17.7 Å². The van der Waals surface area contributed by atoms with E-state index in [1.54, 1.807) is 0 Å². The molecule has 2 unspecified atom stereocenters. The molecule has 0 aromatic carbocycles. The Bertz CT molecular complexity index is 211. The Balaban J connectivity index is 1.59. The number of hydrogen-bond donors (Lipinski definition) is 2. The third kappa shape index (κ3) is 3.68. The topological polar surface area (TPSA) is 41.1 Å². The van der Waals surface area contributed by atoms with Crippen LogP contribution in [0.5, 0.6) is 0 Å². The van der Waals surface area contributed by atoms with E-state index in [-0.39, 0.29) is 5.91 Å². The molecular weight excluding hydrogens is 208 g/mol. The Kier molecular flexibility index (Phi) is 4.32. The third-order valence-corrected chi connectivity index (χ3v) is 4.59. The summed E-state index contributed by atoms with van der Waals surface area (Å²) in [5.74, 6) is 2.09. The van der Waals surface area contributed by atoms with Crippen LogP contribution in [0.25, 0.3) is 0 Å². The van der Waals surface area contributed by atoms with Crippen LogP contribution >= 0.6 is 11.8 Å². The molecule has 0 radical (unpaired) electrons. The summed E-state index contributed by atoms with van der Waals surface area (Å²) in [5, 5.41) is 7.03. The second-order valence-electron chi connectivity index (χ2n) is 4.50. The predicted molar refractivity (Wildman–Crippen MR) is 64.1 cm³/mol. The minimum absolute atomic E-state index is 0.246. The number of rotatable bonds is 4. The summed E-state index contributed by atoms with van der Waals surface area (Å²) < 4.78 is 0. The quantitative estimate of drug-likeness (QED) is 0.754. The molecule has 3 nitrogen and oxygen atoms in total. The lowest BCUT2D eigenvalue weighted by molar-refractivity contribution is -0.121. The van der Waals surface area contributed by atoms with Gasteiger partial charge >= 0.3 is 0 Å². The van der Waals surface area contributed by atoms with Gasteiger partial charge in [-0.3, -0.25) is 4.79 Å². The van der Waals surface area contributed by atoms with Crippen molar-refractivity contribution in [2.24, 2.45) is 5.92 Å². The summed E-state index contributed by atoms with van der Waals surface area (Å²) in [6, 6.07) is 0. The van der Waals surface area contributed by atoms with Gasteiger partial charge in [0.1, 0.15) is 0 Å². The first-order chi connectivity index (χ1) is 7.34. The average molecular weight is 228 g/mol. The molecule has 2 saturated heterocycles. The smallest absolute Gasteiger partial charge is 0.220 e. The van der Waals surface area contributed by atoms with Gasteiger partial charge in [0.25, 0.3) is 0 Å². The van der Waals surface area contributed by atoms with Gasteiger partial charge in [-0.2, -0.15) is 11.8 Å². The summed E-state index contributed by atoms with van der Waals surface area (Å²) in [4.78, 5) is 11.6. The van der Waals surface area contributed by atoms with Crippen molar-refractivity contribution in [3.63, 3.8) is 0 Å². The van der Waals surface area contributed by atoms with Crippen LogP contribution in [0, 0.1) is 5.92 Å². The molecule has 0 aromatic rings. The van der Waals surface area contributed by atoms with Crippen LogP contribution in [0.3, 0.4) is 0 Å². The molecule has 15 heavy (non-hydrogen) atoms. The monoisotopic (exact) mass is 228 g/mol. The van der Waals surface area contributed by atoms with Crippen molar-refractivity contribution in [1.29, 1.82) is 0 Å². The summed E-state index contributed by atoms with van der Waals surface area (Å²) in [7, 11) is 0. The van der Waals surface area contributed by atoms with Gasteiger partial charge in [0.2, 0.25) is 5.91 Å². The first-order valence-electron chi connectivity index (χ1n) is 5.93. The normalized spacial score (nSPS) is 30.7. The Morgan fingerprint density at radius 1 is 1.47 bits per heavy atom. The summed E-state index contributed by atoms with van der Waals surface area (Å²) >= 11 is 2.00. The lowest BCUT2D eigenvalue weighted by Crippen LogP contribution is -2.31. The van der Waals surface area contributed by atoms with Crippen molar-refractivity contribution in [2.75, 3.05) is 25.4 Å². The van der Waals surface area contributed by atoms with E-state index in [2.05, 4.69) is 10.6 Å². The molecule has 2 N–H and O–H groups in total. The Morgan fingerprint density at radius 2 is 2.40 bits per heavy atom. The highest BCUT2D eigenvalue weighted by molar-refractivity contribution is 8.00. The van der Waals surface area contributed by atoms with E-state index in [9.17, 15) is 4.79 Å². The molecule has 2 aliphatic heterocycles. The van der Waals surface area contributed by atoms with Crippen LogP contribution in [-0.4, -0.2) is 36.5 Å². The molecule has 1 amide bonds. The number of hydrogen-bond acceptors (Lipinski definition) is 3. The van der Waals surface area contributed by atoms with Crippen LogP contribution in [0.4, 0.5) is 0 Å². The Hall–Kier alpha value is -0.220. The Morgan fingerprint density at radius 3 is 3.07 bits per heavy atom. The summed E-state index contributed by atoms with van der Waals surface area (Å²) in [6.45, 7) is 2.98. The van der Waals surface area contributed by atoms with E-state index in [1.165, 1.54) is 18.6 Å². The zero-order valence-corrected chi connectivity index (χ0v) is 9.94. The van der Waals surface area contributed by atoms with Gasteiger partial charge in [-0.15, -0.1) is 0 Å². The number of carbonyl (C=O) groups excluding carboxylic acids is 1. The van der Waals surface area contributed by atoms with Crippen LogP contribution < -0.4 is 10.6 Å². The first kappa shape index (κ1) is 11.3. The molecule has 0 aromatic heterocycles. The maximum absolute atomic E-state index is 11.6. The SMILES string of the molecule is O=C(CC1CCNC1)NCC1CCCS1. The highest BCUT2D eigenvalue weighted by atomic mass is 32.2. The number of nitrogens with one attached hydrogen (secondary N) is 2. The molecule has 2 heterocycles. The second-order valence-corrected chi connectivity index (χ2v) is 5.91. The lowest BCUT2D eigenvalue weighted by atomic mass is 10.0. The molecule has 0 bridgehead atoms. The van der Waals surface area contributed by atoms with Gasteiger partial charge in [0.15, 0.2) is 0 Å². The van der Waals surface area contributed by atoms with E-state index in [4.69, 9.17) is 0 Å². The summed E-state index contributed by atoms with van der Waals surface area (Å²) in [6.07, 6.45) is 4.46. The van der Waals surface area contributed by atoms with E-state index in [0.29, 0.717) is 17.6 Å². The second kappa shape index (κ2) is 5.75. The lowest BCUT2D eigenvalue weighted by Gasteiger charge is -2.12. The van der Waals surface area contributed by atoms with Crippen molar-refractivity contribution in [3.05, 3.63) is 0 Å². The number of amides is 1. The minimum Gasteiger partial charge on any atom is -0.355 e. The number of carbonyl (C=O) groups is 1. The molecular formula is C11H20N2OS. The van der Waals surface area contributed by atoms with Gasteiger partial charge in [0, 0.05) is 18.2 Å². The molecule has 0 spiro atoms. The van der Waals surface area contributed by atoms with Gasteiger partial charge in [-0.25, -0.2) is 0 Å². The van der Waals surface area contributed by atoms with Gasteiger partial charge < -0.3 is 10.6 Å². The van der Waals surface area contributed by atoms with Gasteiger partial charge in [-0.1, -0.05) is 0 Å². The van der Waals surface area contributed by atoms with E-state index >= 15 is 0 Å². The fraction of sp³-hybridized carbons (Fsp3) is 0.909. The van der Waals surface area contributed by atoms with Crippen molar-refractivity contribution < 1.29 is 4.79 Å². The van der Waals surface area contributed by atoms with Gasteiger partial charge in [0.05, 0.1) is 0 Å². The molecule has 0 saturated carbocycles. The van der Waals surface area contributed by atoms with E-state index < -0.39 is 0 Å². The molecule has 2 rings (SSSR count). The highest BCUT2D eigenvalue weighted by Gasteiger charge is 2.20. The van der Waals surface area contributed by atoms with Gasteiger partial charge in [-0.05, 0) is 44.0 Å². The van der Waals surface area contributed by atoms with Crippen molar-refractivity contribution in [1.82, 2.24) is 10.6 Å². The number of thioether (sulfide) groups is 1. The van der Waals surface area contributed by atoms with Crippen molar-refractivity contribution in [3.8, 4) is 0 Å². The van der Waals surface area contributed by atoms with E-state index in [0.717, 1.165) is 26.1 Å². The molecule has 4 heteroatoms.